The van der Waals surface area contributed by atoms with Crippen molar-refractivity contribution in [3.8, 4) is 5.82 Å². The van der Waals surface area contributed by atoms with E-state index in [9.17, 15) is 0 Å². The third kappa shape index (κ3) is 2.33. The molecule has 0 bridgehead atoms. The van der Waals surface area contributed by atoms with Gasteiger partial charge in [0.25, 0.3) is 0 Å². The first-order valence-electron chi connectivity index (χ1n) is 7.52. The van der Waals surface area contributed by atoms with Crippen LogP contribution in [-0.4, -0.2) is 43.4 Å². The standard InChI is InChI=1S/C15H18N6O/c1-11-16-6-7-20(11)15-9-13(17-10-12-3-2-8-22-12)19-14-4-5-18-21(14)15/h4-7,9,12H,2-3,8,10H2,1H3,(H,17,19)/t12-/m0/s1. The van der Waals surface area contributed by atoms with Crippen LogP contribution in [0.1, 0.15) is 18.7 Å². The fraction of sp³-hybridized carbons (Fsp3) is 0.400. The summed E-state index contributed by atoms with van der Waals surface area (Å²) in [6.07, 6.45) is 7.99. The molecule has 4 heterocycles. The molecule has 0 aliphatic carbocycles. The number of aryl methyl sites for hydroxylation is 1. The summed E-state index contributed by atoms with van der Waals surface area (Å²) >= 11 is 0. The highest BCUT2D eigenvalue weighted by atomic mass is 16.5. The van der Waals surface area contributed by atoms with Crippen LogP contribution in [0.4, 0.5) is 5.82 Å². The van der Waals surface area contributed by atoms with Crippen molar-refractivity contribution in [2.45, 2.75) is 25.9 Å². The predicted molar refractivity (Wildman–Crippen MR) is 82.3 cm³/mol. The molecule has 0 aromatic carbocycles. The van der Waals surface area contributed by atoms with Gasteiger partial charge in [-0.3, -0.25) is 4.57 Å². The number of fused-ring (bicyclic) bond motifs is 1. The molecule has 0 spiro atoms. The van der Waals surface area contributed by atoms with Crippen LogP contribution in [0.15, 0.2) is 30.7 Å². The summed E-state index contributed by atoms with van der Waals surface area (Å²) in [7, 11) is 0. The third-order valence-electron chi connectivity index (χ3n) is 3.95. The summed E-state index contributed by atoms with van der Waals surface area (Å²) in [5.41, 5.74) is 0.806. The summed E-state index contributed by atoms with van der Waals surface area (Å²) < 4.78 is 9.46. The van der Waals surface area contributed by atoms with Gasteiger partial charge >= 0.3 is 0 Å². The van der Waals surface area contributed by atoms with Crippen LogP contribution in [0.25, 0.3) is 11.5 Å². The average Bonchev–Trinajstić information content (AvgIpc) is 3.25. The Morgan fingerprint density at radius 3 is 3.14 bits per heavy atom. The summed E-state index contributed by atoms with van der Waals surface area (Å²) in [5, 5.41) is 7.73. The third-order valence-corrected chi connectivity index (χ3v) is 3.95. The minimum atomic E-state index is 0.279. The Labute approximate surface area is 128 Å². The van der Waals surface area contributed by atoms with Crippen molar-refractivity contribution in [2.24, 2.45) is 0 Å². The zero-order valence-corrected chi connectivity index (χ0v) is 12.4. The van der Waals surface area contributed by atoms with E-state index in [0.29, 0.717) is 0 Å². The molecule has 7 nitrogen and oxygen atoms in total. The highest BCUT2D eigenvalue weighted by Gasteiger charge is 2.16. The smallest absolute Gasteiger partial charge is 0.159 e. The van der Waals surface area contributed by atoms with E-state index in [1.54, 1.807) is 12.4 Å². The molecule has 1 fully saturated rings. The zero-order chi connectivity index (χ0) is 14.9. The Hall–Kier alpha value is -2.41. The van der Waals surface area contributed by atoms with E-state index >= 15 is 0 Å². The minimum absolute atomic E-state index is 0.279. The number of hydrogen-bond donors (Lipinski definition) is 1. The number of anilines is 1. The van der Waals surface area contributed by atoms with E-state index in [1.165, 1.54) is 0 Å². The first-order chi connectivity index (χ1) is 10.8. The van der Waals surface area contributed by atoms with E-state index in [-0.39, 0.29) is 6.10 Å². The monoisotopic (exact) mass is 298 g/mol. The first-order valence-corrected chi connectivity index (χ1v) is 7.52. The SMILES string of the molecule is Cc1nccn1-c1cc(NC[C@@H]2CCCO2)nc2ccnn12. The normalized spacial score (nSPS) is 18.1. The van der Waals surface area contributed by atoms with Crippen molar-refractivity contribution in [3.63, 3.8) is 0 Å². The first kappa shape index (κ1) is 13.3. The van der Waals surface area contributed by atoms with E-state index in [4.69, 9.17) is 4.74 Å². The minimum Gasteiger partial charge on any atom is -0.376 e. The van der Waals surface area contributed by atoms with Gasteiger partial charge in [-0.25, -0.2) is 9.97 Å². The molecular weight excluding hydrogens is 280 g/mol. The Morgan fingerprint density at radius 1 is 1.41 bits per heavy atom. The number of aromatic nitrogens is 5. The lowest BCUT2D eigenvalue weighted by atomic mass is 10.2. The zero-order valence-electron chi connectivity index (χ0n) is 12.4. The van der Waals surface area contributed by atoms with Crippen LogP contribution in [0, 0.1) is 6.92 Å². The Kier molecular flexibility index (Phi) is 3.27. The molecule has 1 atom stereocenters. The lowest BCUT2D eigenvalue weighted by Gasteiger charge is -2.14. The summed E-state index contributed by atoms with van der Waals surface area (Å²) in [6.45, 7) is 3.61. The van der Waals surface area contributed by atoms with Crippen molar-refractivity contribution >= 4 is 11.5 Å². The van der Waals surface area contributed by atoms with Gasteiger partial charge in [0, 0.05) is 37.7 Å². The second-order valence-corrected chi connectivity index (χ2v) is 5.46. The molecule has 114 valence electrons. The van der Waals surface area contributed by atoms with Crippen molar-refractivity contribution in [3.05, 3.63) is 36.5 Å². The Bertz CT molecular complexity index is 786. The van der Waals surface area contributed by atoms with E-state index < -0.39 is 0 Å². The largest absolute Gasteiger partial charge is 0.376 e. The molecule has 22 heavy (non-hydrogen) atoms. The quantitative estimate of drug-likeness (QED) is 0.795. The second-order valence-electron chi connectivity index (χ2n) is 5.46. The number of nitrogens with one attached hydrogen (secondary N) is 1. The molecule has 0 saturated carbocycles. The average molecular weight is 298 g/mol. The van der Waals surface area contributed by atoms with Crippen LogP contribution < -0.4 is 5.32 Å². The van der Waals surface area contributed by atoms with Crippen LogP contribution in [-0.2, 0) is 4.74 Å². The van der Waals surface area contributed by atoms with Crippen molar-refractivity contribution in [1.82, 2.24) is 24.1 Å². The van der Waals surface area contributed by atoms with Gasteiger partial charge in [-0.1, -0.05) is 0 Å². The lowest BCUT2D eigenvalue weighted by Crippen LogP contribution is -2.19. The molecule has 1 aliphatic rings. The number of nitrogens with zero attached hydrogens (tertiary/aromatic N) is 5. The van der Waals surface area contributed by atoms with Crippen LogP contribution >= 0.6 is 0 Å². The van der Waals surface area contributed by atoms with Crippen molar-refractivity contribution < 1.29 is 4.74 Å². The maximum Gasteiger partial charge on any atom is 0.159 e. The van der Waals surface area contributed by atoms with Gasteiger partial charge < -0.3 is 10.1 Å². The summed E-state index contributed by atoms with van der Waals surface area (Å²) in [5.74, 6) is 2.65. The highest BCUT2D eigenvalue weighted by molar-refractivity contribution is 5.52. The van der Waals surface area contributed by atoms with Gasteiger partial charge in [-0.2, -0.15) is 9.61 Å². The van der Waals surface area contributed by atoms with E-state index in [1.807, 2.05) is 34.3 Å². The molecule has 4 rings (SSSR count). The topological polar surface area (TPSA) is 69.3 Å². The highest BCUT2D eigenvalue weighted by Crippen LogP contribution is 2.18. The lowest BCUT2D eigenvalue weighted by molar-refractivity contribution is 0.120. The fourth-order valence-corrected chi connectivity index (χ4v) is 2.80. The van der Waals surface area contributed by atoms with Gasteiger partial charge in [0.2, 0.25) is 0 Å². The molecule has 7 heteroatoms. The predicted octanol–water partition coefficient (Wildman–Crippen LogP) is 1.81. The van der Waals surface area contributed by atoms with Crippen molar-refractivity contribution in [2.75, 3.05) is 18.5 Å². The van der Waals surface area contributed by atoms with Crippen LogP contribution in [0.2, 0.25) is 0 Å². The maximum absolute atomic E-state index is 5.65. The fourth-order valence-electron chi connectivity index (χ4n) is 2.80. The number of ether oxygens (including phenoxy) is 1. The summed E-state index contributed by atoms with van der Waals surface area (Å²) in [4.78, 5) is 8.88. The van der Waals surface area contributed by atoms with E-state index in [2.05, 4.69) is 20.4 Å². The molecule has 0 amide bonds. The van der Waals surface area contributed by atoms with Gasteiger partial charge in [0.1, 0.15) is 17.5 Å². The molecule has 1 N–H and O–H groups in total. The van der Waals surface area contributed by atoms with Crippen molar-refractivity contribution in [1.29, 1.82) is 0 Å². The van der Waals surface area contributed by atoms with Crippen LogP contribution in [0.3, 0.4) is 0 Å². The Morgan fingerprint density at radius 2 is 2.36 bits per heavy atom. The number of hydrogen-bond acceptors (Lipinski definition) is 5. The molecule has 0 radical (unpaired) electrons. The number of rotatable bonds is 4. The van der Waals surface area contributed by atoms with Crippen LogP contribution in [0.5, 0.6) is 0 Å². The van der Waals surface area contributed by atoms with Gasteiger partial charge in [-0.15, -0.1) is 0 Å². The second kappa shape index (κ2) is 5.42. The molecule has 0 unspecified atom stereocenters. The number of imidazole rings is 1. The van der Waals surface area contributed by atoms with Gasteiger partial charge in [-0.05, 0) is 19.8 Å². The molecular formula is C15H18N6O. The maximum atomic E-state index is 5.65. The van der Waals surface area contributed by atoms with Gasteiger partial charge in [0.05, 0.1) is 12.3 Å². The van der Waals surface area contributed by atoms with Gasteiger partial charge in [0.15, 0.2) is 5.65 Å². The van der Waals surface area contributed by atoms with E-state index in [0.717, 1.165) is 49.1 Å². The molecule has 3 aromatic rings. The molecule has 1 saturated heterocycles. The Balaban J connectivity index is 1.69. The molecule has 3 aromatic heterocycles. The molecule has 1 aliphatic heterocycles. The summed E-state index contributed by atoms with van der Waals surface area (Å²) in [6, 6.07) is 3.89.